The van der Waals surface area contributed by atoms with Crippen LogP contribution in [0, 0.1) is 0 Å². The molecule has 0 radical (unpaired) electrons. The van der Waals surface area contributed by atoms with Crippen LogP contribution in [0.1, 0.15) is 25.3 Å². The molecule has 0 bridgehead atoms. The highest BCUT2D eigenvalue weighted by molar-refractivity contribution is 5.54. The fraction of sp³-hybridized carbons (Fsp3) is 0.400. The van der Waals surface area contributed by atoms with E-state index in [1.165, 1.54) is 5.56 Å². The first-order chi connectivity index (χ1) is 5.65. The molecule has 2 nitrogen and oxygen atoms in total. The van der Waals surface area contributed by atoms with E-state index in [0.717, 1.165) is 5.75 Å². The summed E-state index contributed by atoms with van der Waals surface area (Å²) in [5.41, 5.74) is 7.62. The maximum Gasteiger partial charge on any atom is 0.142 e. The first-order valence-electron chi connectivity index (χ1n) is 4.08. The Hall–Kier alpha value is -1.18. The van der Waals surface area contributed by atoms with Crippen molar-refractivity contribution < 1.29 is 4.74 Å². The summed E-state index contributed by atoms with van der Waals surface area (Å²) >= 11 is 0. The first-order valence-corrected chi connectivity index (χ1v) is 4.08. The lowest BCUT2D eigenvalue weighted by molar-refractivity contribution is 0.416. The largest absolute Gasteiger partial charge is 0.495 e. The lowest BCUT2D eigenvalue weighted by Crippen LogP contribution is -1.94. The van der Waals surface area contributed by atoms with E-state index in [1.807, 2.05) is 18.2 Å². The van der Waals surface area contributed by atoms with Crippen LogP contribution in [0.15, 0.2) is 18.2 Å². The van der Waals surface area contributed by atoms with Crippen molar-refractivity contribution >= 4 is 5.69 Å². The van der Waals surface area contributed by atoms with Gasteiger partial charge in [-0.1, -0.05) is 19.9 Å². The van der Waals surface area contributed by atoms with Crippen molar-refractivity contribution in [2.45, 2.75) is 19.8 Å². The molecule has 0 spiro atoms. The molecule has 1 rings (SSSR count). The molecule has 0 atom stereocenters. The molecule has 1 aromatic carbocycles. The summed E-state index contributed by atoms with van der Waals surface area (Å²) < 4.78 is 5.11. The SMILES string of the molecule is COc1cc(C(C)C)ccc1N. The van der Waals surface area contributed by atoms with E-state index < -0.39 is 0 Å². The average molecular weight is 165 g/mol. The van der Waals surface area contributed by atoms with Crippen LogP contribution in [0.3, 0.4) is 0 Å². The predicted molar refractivity (Wildman–Crippen MR) is 51.5 cm³/mol. The molecule has 0 aliphatic heterocycles. The van der Waals surface area contributed by atoms with Gasteiger partial charge in [0.2, 0.25) is 0 Å². The number of hydrogen-bond donors (Lipinski definition) is 1. The molecule has 0 amide bonds. The fourth-order valence-corrected chi connectivity index (χ4v) is 1.09. The van der Waals surface area contributed by atoms with Gasteiger partial charge in [0.15, 0.2) is 0 Å². The zero-order valence-electron chi connectivity index (χ0n) is 7.79. The molecule has 0 saturated heterocycles. The monoisotopic (exact) mass is 165 g/mol. The van der Waals surface area contributed by atoms with Crippen LogP contribution in [0.25, 0.3) is 0 Å². The fourth-order valence-electron chi connectivity index (χ4n) is 1.09. The molecule has 0 aliphatic carbocycles. The van der Waals surface area contributed by atoms with Crippen LogP contribution < -0.4 is 10.5 Å². The summed E-state index contributed by atoms with van der Waals surface area (Å²) in [7, 11) is 1.63. The summed E-state index contributed by atoms with van der Waals surface area (Å²) in [5.74, 6) is 1.28. The molecule has 0 aliphatic rings. The van der Waals surface area contributed by atoms with E-state index >= 15 is 0 Å². The standard InChI is InChI=1S/C10H15NO/c1-7(2)8-4-5-9(11)10(6-8)12-3/h4-7H,11H2,1-3H3. The van der Waals surface area contributed by atoms with Crippen molar-refractivity contribution in [2.75, 3.05) is 12.8 Å². The van der Waals surface area contributed by atoms with E-state index in [4.69, 9.17) is 10.5 Å². The molecule has 0 aromatic heterocycles. The number of hydrogen-bond acceptors (Lipinski definition) is 2. The second-order valence-electron chi connectivity index (χ2n) is 3.16. The third-order valence-corrected chi connectivity index (χ3v) is 1.92. The van der Waals surface area contributed by atoms with Gasteiger partial charge in [0.05, 0.1) is 12.8 Å². The highest BCUT2D eigenvalue weighted by atomic mass is 16.5. The Morgan fingerprint density at radius 2 is 2.00 bits per heavy atom. The Morgan fingerprint density at radius 1 is 1.33 bits per heavy atom. The average Bonchev–Trinajstić information content (AvgIpc) is 2.05. The summed E-state index contributed by atoms with van der Waals surface area (Å²) in [6.07, 6.45) is 0. The number of rotatable bonds is 2. The number of benzene rings is 1. The number of anilines is 1. The summed E-state index contributed by atoms with van der Waals surface area (Å²) in [4.78, 5) is 0. The van der Waals surface area contributed by atoms with Crippen LogP contribution in [-0.4, -0.2) is 7.11 Å². The van der Waals surface area contributed by atoms with Crippen molar-refractivity contribution in [1.82, 2.24) is 0 Å². The van der Waals surface area contributed by atoms with Crippen molar-refractivity contribution in [3.63, 3.8) is 0 Å². The molecule has 0 heterocycles. The Balaban J connectivity index is 3.05. The van der Waals surface area contributed by atoms with Crippen molar-refractivity contribution in [2.24, 2.45) is 0 Å². The third-order valence-electron chi connectivity index (χ3n) is 1.92. The number of methoxy groups -OCH3 is 1. The third kappa shape index (κ3) is 1.70. The highest BCUT2D eigenvalue weighted by Gasteiger charge is 2.03. The van der Waals surface area contributed by atoms with Gasteiger partial charge in [0.1, 0.15) is 5.75 Å². The molecule has 0 fully saturated rings. The van der Waals surface area contributed by atoms with Crippen LogP contribution in [0.2, 0.25) is 0 Å². The van der Waals surface area contributed by atoms with Crippen molar-refractivity contribution in [3.05, 3.63) is 23.8 Å². The van der Waals surface area contributed by atoms with E-state index in [-0.39, 0.29) is 0 Å². The van der Waals surface area contributed by atoms with Gasteiger partial charge in [0.25, 0.3) is 0 Å². The molecule has 66 valence electrons. The van der Waals surface area contributed by atoms with Crippen LogP contribution in [-0.2, 0) is 0 Å². The van der Waals surface area contributed by atoms with Gasteiger partial charge in [-0.15, -0.1) is 0 Å². The first kappa shape index (κ1) is 8.91. The molecule has 0 saturated carbocycles. The summed E-state index contributed by atoms with van der Waals surface area (Å²) in [5, 5.41) is 0. The molecule has 2 heteroatoms. The second-order valence-corrected chi connectivity index (χ2v) is 3.16. The predicted octanol–water partition coefficient (Wildman–Crippen LogP) is 2.40. The minimum Gasteiger partial charge on any atom is -0.495 e. The quantitative estimate of drug-likeness (QED) is 0.683. The van der Waals surface area contributed by atoms with E-state index in [0.29, 0.717) is 11.6 Å². The van der Waals surface area contributed by atoms with Gasteiger partial charge in [-0.2, -0.15) is 0 Å². The Labute approximate surface area is 73.3 Å². The topological polar surface area (TPSA) is 35.2 Å². The van der Waals surface area contributed by atoms with Crippen LogP contribution >= 0.6 is 0 Å². The van der Waals surface area contributed by atoms with Gasteiger partial charge < -0.3 is 10.5 Å². The van der Waals surface area contributed by atoms with Gasteiger partial charge in [-0.25, -0.2) is 0 Å². The van der Waals surface area contributed by atoms with Crippen LogP contribution in [0.4, 0.5) is 5.69 Å². The number of nitrogens with two attached hydrogens (primary N) is 1. The zero-order valence-corrected chi connectivity index (χ0v) is 7.79. The minimum atomic E-state index is 0.513. The minimum absolute atomic E-state index is 0.513. The number of nitrogen functional groups attached to an aromatic ring is 1. The Morgan fingerprint density at radius 3 is 2.50 bits per heavy atom. The maximum atomic E-state index is 5.68. The van der Waals surface area contributed by atoms with E-state index in [9.17, 15) is 0 Å². The lowest BCUT2D eigenvalue weighted by atomic mass is 10.0. The summed E-state index contributed by atoms with van der Waals surface area (Å²) in [6.45, 7) is 4.29. The Kier molecular flexibility index (Phi) is 2.58. The Bertz CT molecular complexity index is 269. The molecular weight excluding hydrogens is 150 g/mol. The van der Waals surface area contributed by atoms with Crippen molar-refractivity contribution in [1.29, 1.82) is 0 Å². The number of ether oxygens (including phenoxy) is 1. The normalized spacial score (nSPS) is 10.3. The molecular formula is C10H15NO. The highest BCUT2D eigenvalue weighted by Crippen LogP contribution is 2.25. The van der Waals surface area contributed by atoms with Gasteiger partial charge in [-0.3, -0.25) is 0 Å². The second kappa shape index (κ2) is 3.48. The van der Waals surface area contributed by atoms with Gasteiger partial charge in [0, 0.05) is 0 Å². The van der Waals surface area contributed by atoms with E-state index in [2.05, 4.69) is 13.8 Å². The molecule has 0 unspecified atom stereocenters. The molecule has 1 aromatic rings. The van der Waals surface area contributed by atoms with Gasteiger partial charge >= 0.3 is 0 Å². The molecule has 12 heavy (non-hydrogen) atoms. The smallest absolute Gasteiger partial charge is 0.142 e. The maximum absolute atomic E-state index is 5.68. The lowest BCUT2D eigenvalue weighted by Gasteiger charge is -2.09. The van der Waals surface area contributed by atoms with Crippen LogP contribution in [0.5, 0.6) is 5.75 Å². The summed E-state index contributed by atoms with van der Waals surface area (Å²) in [6, 6.07) is 5.90. The van der Waals surface area contributed by atoms with Gasteiger partial charge in [-0.05, 0) is 23.6 Å². The molecule has 2 N–H and O–H groups in total. The van der Waals surface area contributed by atoms with E-state index in [1.54, 1.807) is 7.11 Å². The zero-order chi connectivity index (χ0) is 9.14. The van der Waals surface area contributed by atoms with Crippen molar-refractivity contribution in [3.8, 4) is 5.75 Å².